The number of anilines is 2. The topological polar surface area (TPSA) is 24.9 Å². The molecule has 1 N–H and O–H groups in total. The summed E-state index contributed by atoms with van der Waals surface area (Å²) >= 11 is 7.48. The first-order valence-electron chi connectivity index (χ1n) is 5.19. The molecular weight excluding hydrogens is 252 g/mol. The van der Waals surface area contributed by atoms with Crippen LogP contribution in [0.3, 0.4) is 0 Å². The van der Waals surface area contributed by atoms with Crippen LogP contribution < -0.4 is 5.32 Å². The van der Waals surface area contributed by atoms with E-state index in [4.69, 9.17) is 11.6 Å². The summed E-state index contributed by atoms with van der Waals surface area (Å²) in [6.07, 6.45) is 0. The summed E-state index contributed by atoms with van der Waals surface area (Å²) in [6.45, 7) is 0. The number of thiazole rings is 1. The maximum Gasteiger partial charge on any atom is 0.188 e. The number of halogens is 1. The van der Waals surface area contributed by atoms with Crippen molar-refractivity contribution in [3.8, 4) is 0 Å². The van der Waals surface area contributed by atoms with E-state index in [1.807, 2.05) is 42.5 Å². The Labute approximate surface area is 108 Å². The van der Waals surface area contributed by atoms with Gasteiger partial charge in [0.1, 0.15) is 0 Å². The fraction of sp³-hybridized carbons (Fsp3) is 0. The number of hydrogen-bond acceptors (Lipinski definition) is 3. The van der Waals surface area contributed by atoms with E-state index in [1.54, 1.807) is 11.3 Å². The predicted molar refractivity (Wildman–Crippen MR) is 74.4 cm³/mol. The molecule has 84 valence electrons. The third-order valence-electron chi connectivity index (χ3n) is 2.39. The molecular formula is C13H9ClN2S. The van der Waals surface area contributed by atoms with Crippen molar-refractivity contribution < 1.29 is 0 Å². The lowest BCUT2D eigenvalue weighted by Crippen LogP contribution is -1.87. The molecule has 0 unspecified atom stereocenters. The second-order valence-corrected chi connectivity index (χ2v) is 5.09. The van der Waals surface area contributed by atoms with Crippen LogP contribution in [0.2, 0.25) is 5.02 Å². The van der Waals surface area contributed by atoms with Crippen LogP contribution in [0.4, 0.5) is 10.8 Å². The number of para-hydroxylation sites is 1. The number of rotatable bonds is 2. The van der Waals surface area contributed by atoms with Gasteiger partial charge in [-0.05, 0) is 36.4 Å². The highest BCUT2D eigenvalue weighted by atomic mass is 35.5. The second kappa shape index (κ2) is 4.35. The highest BCUT2D eigenvalue weighted by molar-refractivity contribution is 7.22. The van der Waals surface area contributed by atoms with E-state index in [9.17, 15) is 0 Å². The van der Waals surface area contributed by atoms with Crippen LogP contribution in [-0.2, 0) is 0 Å². The predicted octanol–water partition coefficient (Wildman–Crippen LogP) is 4.69. The molecule has 0 aliphatic carbocycles. The van der Waals surface area contributed by atoms with Gasteiger partial charge in [-0.3, -0.25) is 0 Å². The summed E-state index contributed by atoms with van der Waals surface area (Å²) in [5, 5.41) is 4.90. The van der Waals surface area contributed by atoms with Crippen LogP contribution in [-0.4, -0.2) is 4.98 Å². The lowest BCUT2D eigenvalue weighted by atomic mass is 10.3. The summed E-state index contributed by atoms with van der Waals surface area (Å²) in [5.41, 5.74) is 2.02. The standard InChI is InChI=1S/C13H9ClN2S/c14-9-5-7-10(8-6-9)15-13-16-11-3-1-2-4-12(11)17-13/h1-8H,(H,15,16). The van der Waals surface area contributed by atoms with Crippen molar-refractivity contribution >= 4 is 44.0 Å². The number of nitrogens with zero attached hydrogens (tertiary/aromatic N) is 1. The minimum Gasteiger partial charge on any atom is -0.332 e. The van der Waals surface area contributed by atoms with E-state index in [-0.39, 0.29) is 0 Å². The summed E-state index contributed by atoms with van der Waals surface area (Å²) in [7, 11) is 0. The fourth-order valence-corrected chi connectivity index (χ4v) is 2.59. The second-order valence-electron chi connectivity index (χ2n) is 3.62. The van der Waals surface area contributed by atoms with Gasteiger partial charge in [-0.1, -0.05) is 35.1 Å². The molecule has 0 spiro atoms. The van der Waals surface area contributed by atoms with Gasteiger partial charge in [0.05, 0.1) is 10.2 Å². The van der Waals surface area contributed by atoms with E-state index in [1.165, 1.54) is 4.70 Å². The fourth-order valence-electron chi connectivity index (χ4n) is 1.58. The SMILES string of the molecule is Clc1ccc(Nc2nc3ccccc3s2)cc1. The van der Waals surface area contributed by atoms with Crippen LogP contribution >= 0.6 is 22.9 Å². The molecule has 0 saturated carbocycles. The van der Waals surface area contributed by atoms with Gasteiger partial charge in [-0.2, -0.15) is 0 Å². The van der Waals surface area contributed by atoms with E-state index >= 15 is 0 Å². The molecule has 3 aromatic rings. The van der Waals surface area contributed by atoms with E-state index in [0.29, 0.717) is 0 Å². The van der Waals surface area contributed by atoms with E-state index in [0.717, 1.165) is 21.4 Å². The van der Waals surface area contributed by atoms with Crippen molar-refractivity contribution in [2.24, 2.45) is 0 Å². The molecule has 1 heterocycles. The number of fused-ring (bicyclic) bond motifs is 1. The third kappa shape index (κ3) is 2.25. The average Bonchev–Trinajstić information content (AvgIpc) is 2.74. The van der Waals surface area contributed by atoms with Gasteiger partial charge < -0.3 is 5.32 Å². The highest BCUT2D eigenvalue weighted by Crippen LogP contribution is 2.28. The Morgan fingerprint density at radius 1 is 1.00 bits per heavy atom. The Balaban J connectivity index is 1.92. The Bertz CT molecular complexity index is 613. The van der Waals surface area contributed by atoms with Gasteiger partial charge in [0, 0.05) is 10.7 Å². The molecule has 2 nitrogen and oxygen atoms in total. The first-order valence-corrected chi connectivity index (χ1v) is 6.39. The molecule has 0 saturated heterocycles. The molecule has 3 rings (SSSR count). The molecule has 2 aromatic carbocycles. The number of benzene rings is 2. The van der Waals surface area contributed by atoms with Gasteiger partial charge >= 0.3 is 0 Å². The summed E-state index contributed by atoms with van der Waals surface area (Å²) in [5.74, 6) is 0. The van der Waals surface area contributed by atoms with Gasteiger partial charge in [0.2, 0.25) is 0 Å². The largest absolute Gasteiger partial charge is 0.332 e. The monoisotopic (exact) mass is 260 g/mol. The van der Waals surface area contributed by atoms with Gasteiger partial charge in [0.15, 0.2) is 5.13 Å². The molecule has 1 aromatic heterocycles. The number of nitrogens with one attached hydrogen (secondary N) is 1. The molecule has 0 bridgehead atoms. The summed E-state index contributed by atoms with van der Waals surface area (Å²) < 4.78 is 1.18. The van der Waals surface area contributed by atoms with Crippen molar-refractivity contribution in [1.82, 2.24) is 4.98 Å². The van der Waals surface area contributed by atoms with Crippen LogP contribution in [0, 0.1) is 0 Å². The molecule has 0 amide bonds. The zero-order valence-corrected chi connectivity index (χ0v) is 10.4. The zero-order chi connectivity index (χ0) is 11.7. The van der Waals surface area contributed by atoms with Crippen molar-refractivity contribution in [2.45, 2.75) is 0 Å². The van der Waals surface area contributed by atoms with Crippen molar-refractivity contribution in [2.75, 3.05) is 5.32 Å². The maximum atomic E-state index is 5.84. The van der Waals surface area contributed by atoms with Crippen LogP contribution in [0.5, 0.6) is 0 Å². The Morgan fingerprint density at radius 2 is 1.76 bits per heavy atom. The summed E-state index contributed by atoms with van der Waals surface area (Å²) in [6, 6.07) is 15.7. The molecule has 0 radical (unpaired) electrons. The Hall–Kier alpha value is -1.58. The first kappa shape index (κ1) is 10.6. The molecule has 0 aliphatic heterocycles. The van der Waals surface area contributed by atoms with Crippen LogP contribution in [0.1, 0.15) is 0 Å². The normalized spacial score (nSPS) is 10.6. The number of aromatic nitrogens is 1. The van der Waals surface area contributed by atoms with Gasteiger partial charge in [-0.15, -0.1) is 0 Å². The number of hydrogen-bond donors (Lipinski definition) is 1. The minimum absolute atomic E-state index is 0.736. The zero-order valence-electron chi connectivity index (χ0n) is 8.85. The Kier molecular flexibility index (Phi) is 2.71. The quantitative estimate of drug-likeness (QED) is 0.723. The summed E-state index contributed by atoms with van der Waals surface area (Å²) in [4.78, 5) is 4.50. The van der Waals surface area contributed by atoms with E-state index < -0.39 is 0 Å². The van der Waals surface area contributed by atoms with Crippen LogP contribution in [0.15, 0.2) is 48.5 Å². The average molecular weight is 261 g/mol. The van der Waals surface area contributed by atoms with Crippen molar-refractivity contribution in [1.29, 1.82) is 0 Å². The molecule has 4 heteroatoms. The lowest BCUT2D eigenvalue weighted by molar-refractivity contribution is 1.44. The highest BCUT2D eigenvalue weighted by Gasteiger charge is 2.02. The molecule has 17 heavy (non-hydrogen) atoms. The lowest BCUT2D eigenvalue weighted by Gasteiger charge is -2.01. The van der Waals surface area contributed by atoms with Crippen molar-refractivity contribution in [3.05, 3.63) is 53.6 Å². The molecule has 0 aliphatic rings. The molecule has 0 atom stereocenters. The van der Waals surface area contributed by atoms with Gasteiger partial charge in [-0.25, -0.2) is 4.98 Å². The third-order valence-corrected chi connectivity index (χ3v) is 3.59. The first-order chi connectivity index (χ1) is 8.31. The van der Waals surface area contributed by atoms with E-state index in [2.05, 4.69) is 16.4 Å². The smallest absolute Gasteiger partial charge is 0.188 e. The van der Waals surface area contributed by atoms with Gasteiger partial charge in [0.25, 0.3) is 0 Å². The van der Waals surface area contributed by atoms with Crippen LogP contribution in [0.25, 0.3) is 10.2 Å². The van der Waals surface area contributed by atoms with Crippen molar-refractivity contribution in [3.63, 3.8) is 0 Å². The maximum absolute atomic E-state index is 5.84. The molecule has 0 fully saturated rings. The Morgan fingerprint density at radius 3 is 2.53 bits per heavy atom. The minimum atomic E-state index is 0.736.